The van der Waals surface area contributed by atoms with Crippen LogP contribution in [-0.2, 0) is 14.4 Å². The third-order valence-electron chi connectivity index (χ3n) is 1.87. The number of aryl methyl sites for hydroxylation is 1. The van der Waals surface area contributed by atoms with Gasteiger partial charge in [-0.3, -0.25) is 14.4 Å². The molecule has 16 heavy (non-hydrogen) atoms. The highest BCUT2D eigenvalue weighted by Gasteiger charge is 2.16. The topological polar surface area (TPSA) is 83.5 Å². The van der Waals surface area contributed by atoms with Crippen molar-refractivity contribution in [2.75, 3.05) is 5.32 Å². The second-order valence-corrected chi connectivity index (χ2v) is 3.31. The molecule has 5 nitrogen and oxygen atoms in total. The van der Waals surface area contributed by atoms with Crippen LogP contribution in [0.4, 0.5) is 5.69 Å². The molecule has 0 aromatic heterocycles. The van der Waals surface area contributed by atoms with Crippen LogP contribution >= 0.6 is 0 Å². The zero-order chi connectivity index (χ0) is 12.1. The quantitative estimate of drug-likeness (QED) is 0.586. The zero-order valence-corrected chi connectivity index (χ0v) is 8.69. The first-order chi connectivity index (χ1) is 7.49. The van der Waals surface area contributed by atoms with E-state index in [2.05, 4.69) is 5.32 Å². The summed E-state index contributed by atoms with van der Waals surface area (Å²) in [5, 5.41) is 10.7. The van der Waals surface area contributed by atoms with Gasteiger partial charge in [0.05, 0.1) is 0 Å². The van der Waals surface area contributed by atoms with Gasteiger partial charge in [-0.25, -0.2) is 0 Å². The lowest BCUT2D eigenvalue weighted by Crippen LogP contribution is -2.24. The van der Waals surface area contributed by atoms with Crippen molar-refractivity contribution < 1.29 is 19.5 Å². The Morgan fingerprint density at radius 3 is 2.25 bits per heavy atom. The van der Waals surface area contributed by atoms with Crippen LogP contribution in [0.15, 0.2) is 24.3 Å². The number of amides is 1. The van der Waals surface area contributed by atoms with Crippen molar-refractivity contribution in [2.45, 2.75) is 13.3 Å². The number of anilines is 1. The van der Waals surface area contributed by atoms with Crippen LogP contribution in [-0.4, -0.2) is 22.8 Å². The number of nitrogens with one attached hydrogen (secondary N) is 1. The highest BCUT2D eigenvalue weighted by atomic mass is 16.4. The van der Waals surface area contributed by atoms with Crippen molar-refractivity contribution in [3.05, 3.63) is 29.8 Å². The van der Waals surface area contributed by atoms with E-state index < -0.39 is 24.1 Å². The Hall–Kier alpha value is -2.17. The van der Waals surface area contributed by atoms with Crippen molar-refractivity contribution >= 4 is 23.3 Å². The van der Waals surface area contributed by atoms with Gasteiger partial charge < -0.3 is 10.4 Å². The Balaban J connectivity index is 2.61. The number of carboxylic acids is 1. The lowest BCUT2D eigenvalue weighted by molar-refractivity contribution is -0.144. The van der Waals surface area contributed by atoms with Crippen LogP contribution < -0.4 is 5.32 Å². The average molecular weight is 221 g/mol. The first kappa shape index (κ1) is 11.9. The summed E-state index contributed by atoms with van der Waals surface area (Å²) in [5.41, 5.74) is 1.49. The molecule has 2 N–H and O–H groups in total. The molecule has 0 unspecified atom stereocenters. The number of benzene rings is 1. The van der Waals surface area contributed by atoms with Crippen LogP contribution in [0.25, 0.3) is 0 Å². The fourth-order valence-electron chi connectivity index (χ4n) is 1.06. The Kier molecular flexibility index (Phi) is 3.77. The Bertz CT molecular complexity index is 422. The molecule has 0 radical (unpaired) electrons. The molecule has 1 aromatic carbocycles. The van der Waals surface area contributed by atoms with Gasteiger partial charge in [0.25, 0.3) is 5.91 Å². The van der Waals surface area contributed by atoms with Gasteiger partial charge in [-0.2, -0.15) is 0 Å². The molecule has 0 aliphatic heterocycles. The SMILES string of the molecule is Cc1ccc(NC(=O)C(=O)CC(=O)O)cc1. The van der Waals surface area contributed by atoms with E-state index in [1.807, 2.05) is 6.92 Å². The molecule has 1 rings (SSSR count). The fourth-order valence-corrected chi connectivity index (χ4v) is 1.06. The number of carboxylic acid groups (broad SMARTS) is 1. The molecule has 0 bridgehead atoms. The van der Waals surface area contributed by atoms with E-state index in [0.29, 0.717) is 5.69 Å². The fraction of sp³-hybridized carbons (Fsp3) is 0.182. The number of hydrogen-bond donors (Lipinski definition) is 2. The Morgan fingerprint density at radius 1 is 1.19 bits per heavy atom. The van der Waals surface area contributed by atoms with E-state index >= 15 is 0 Å². The molecule has 0 aliphatic carbocycles. The minimum Gasteiger partial charge on any atom is -0.481 e. The van der Waals surface area contributed by atoms with Crippen LogP contribution in [0.1, 0.15) is 12.0 Å². The maximum atomic E-state index is 11.2. The van der Waals surface area contributed by atoms with Crippen LogP contribution in [0.3, 0.4) is 0 Å². The second kappa shape index (κ2) is 5.06. The average Bonchev–Trinajstić information content (AvgIpc) is 2.20. The number of carbonyl (C=O) groups is 3. The van der Waals surface area contributed by atoms with E-state index in [0.717, 1.165) is 5.56 Å². The first-order valence-electron chi connectivity index (χ1n) is 4.61. The summed E-state index contributed by atoms with van der Waals surface area (Å²) in [4.78, 5) is 32.5. The molecule has 0 aliphatic rings. The third-order valence-corrected chi connectivity index (χ3v) is 1.87. The smallest absolute Gasteiger partial charge is 0.311 e. The highest BCUT2D eigenvalue weighted by Crippen LogP contribution is 2.08. The minimum atomic E-state index is -1.32. The third kappa shape index (κ3) is 3.53. The number of aliphatic carboxylic acids is 1. The summed E-state index contributed by atoms with van der Waals surface area (Å²) < 4.78 is 0. The number of ketones is 1. The summed E-state index contributed by atoms with van der Waals surface area (Å²) in [6.45, 7) is 1.89. The second-order valence-electron chi connectivity index (χ2n) is 3.31. The van der Waals surface area contributed by atoms with Gasteiger partial charge >= 0.3 is 5.97 Å². The van der Waals surface area contributed by atoms with Crippen LogP contribution in [0, 0.1) is 6.92 Å². The molecule has 0 saturated carbocycles. The summed E-state index contributed by atoms with van der Waals surface area (Å²) >= 11 is 0. The molecule has 1 amide bonds. The highest BCUT2D eigenvalue weighted by molar-refractivity contribution is 6.42. The lowest BCUT2D eigenvalue weighted by Gasteiger charge is -2.03. The molecule has 0 heterocycles. The van der Waals surface area contributed by atoms with E-state index in [1.165, 1.54) is 0 Å². The summed E-state index contributed by atoms with van der Waals surface area (Å²) in [6, 6.07) is 6.83. The van der Waals surface area contributed by atoms with Crippen molar-refractivity contribution in [3.8, 4) is 0 Å². The molecular formula is C11H11NO4. The number of Topliss-reactive ketones (excluding diaryl/α,β-unsaturated/α-hetero) is 1. The predicted octanol–water partition coefficient (Wildman–Crippen LogP) is 0.977. The molecule has 5 heteroatoms. The first-order valence-corrected chi connectivity index (χ1v) is 4.61. The molecular weight excluding hydrogens is 210 g/mol. The van der Waals surface area contributed by atoms with E-state index in [4.69, 9.17) is 5.11 Å². The van der Waals surface area contributed by atoms with Gasteiger partial charge in [0.2, 0.25) is 5.78 Å². The molecule has 84 valence electrons. The largest absolute Gasteiger partial charge is 0.481 e. The molecule has 0 saturated heterocycles. The monoisotopic (exact) mass is 221 g/mol. The zero-order valence-electron chi connectivity index (χ0n) is 8.69. The number of hydrogen-bond acceptors (Lipinski definition) is 3. The summed E-state index contributed by atoms with van der Waals surface area (Å²) in [7, 11) is 0. The van der Waals surface area contributed by atoms with E-state index in [9.17, 15) is 14.4 Å². The molecule has 1 aromatic rings. The minimum absolute atomic E-state index is 0.467. The van der Waals surface area contributed by atoms with E-state index in [1.54, 1.807) is 24.3 Å². The number of carbonyl (C=O) groups excluding carboxylic acids is 2. The van der Waals surface area contributed by atoms with Gasteiger partial charge in [-0.05, 0) is 19.1 Å². The predicted molar refractivity (Wildman–Crippen MR) is 57.1 cm³/mol. The summed E-state index contributed by atoms with van der Waals surface area (Å²) in [5.74, 6) is -3.19. The standard InChI is InChI=1S/C11H11NO4/c1-7-2-4-8(5-3-7)12-11(16)9(13)6-10(14)15/h2-5H,6H2,1H3,(H,12,16)(H,14,15). The normalized spacial score (nSPS) is 9.56. The van der Waals surface area contributed by atoms with Crippen molar-refractivity contribution in [1.29, 1.82) is 0 Å². The van der Waals surface area contributed by atoms with Crippen LogP contribution in [0.2, 0.25) is 0 Å². The van der Waals surface area contributed by atoms with Crippen LogP contribution in [0.5, 0.6) is 0 Å². The van der Waals surface area contributed by atoms with Gasteiger partial charge in [0.1, 0.15) is 6.42 Å². The van der Waals surface area contributed by atoms with Gasteiger partial charge in [-0.1, -0.05) is 17.7 Å². The molecule has 0 spiro atoms. The lowest BCUT2D eigenvalue weighted by atomic mass is 10.2. The Labute approximate surface area is 92.1 Å². The van der Waals surface area contributed by atoms with Crippen molar-refractivity contribution in [1.82, 2.24) is 0 Å². The Morgan fingerprint density at radius 2 is 1.75 bits per heavy atom. The van der Waals surface area contributed by atoms with Crippen molar-refractivity contribution in [2.24, 2.45) is 0 Å². The van der Waals surface area contributed by atoms with E-state index in [-0.39, 0.29) is 0 Å². The number of rotatable bonds is 4. The summed E-state index contributed by atoms with van der Waals surface area (Å²) in [6.07, 6.45) is -0.794. The maximum absolute atomic E-state index is 11.2. The van der Waals surface area contributed by atoms with Crippen molar-refractivity contribution in [3.63, 3.8) is 0 Å². The van der Waals surface area contributed by atoms with Gasteiger partial charge in [-0.15, -0.1) is 0 Å². The molecule has 0 fully saturated rings. The van der Waals surface area contributed by atoms with Gasteiger partial charge in [0, 0.05) is 5.69 Å². The maximum Gasteiger partial charge on any atom is 0.311 e. The molecule has 0 atom stereocenters. The van der Waals surface area contributed by atoms with Gasteiger partial charge in [0.15, 0.2) is 0 Å².